The third kappa shape index (κ3) is 5.62. The van der Waals surface area contributed by atoms with Crippen molar-refractivity contribution in [3.05, 3.63) is 52.0 Å². The molecular formula is C20H23ClN2O4. The number of benzene rings is 2. The van der Waals surface area contributed by atoms with Crippen LogP contribution in [0.15, 0.2) is 30.3 Å². The molecule has 0 aliphatic carbocycles. The number of halogens is 1. The molecule has 0 radical (unpaired) electrons. The number of aryl methyl sites for hydroxylation is 2. The average molecular weight is 391 g/mol. The number of hydrogen-bond donors (Lipinski definition) is 2. The Morgan fingerprint density at radius 2 is 1.70 bits per heavy atom. The molecule has 2 amide bonds. The van der Waals surface area contributed by atoms with Gasteiger partial charge in [0.1, 0.15) is 6.42 Å². The lowest BCUT2D eigenvalue weighted by molar-refractivity contribution is -0.126. The Morgan fingerprint density at radius 1 is 1.00 bits per heavy atom. The van der Waals surface area contributed by atoms with E-state index in [2.05, 4.69) is 10.6 Å². The van der Waals surface area contributed by atoms with Crippen LogP contribution in [-0.2, 0) is 16.1 Å². The van der Waals surface area contributed by atoms with Crippen molar-refractivity contribution in [3.8, 4) is 11.5 Å². The number of hydrogen-bond acceptors (Lipinski definition) is 4. The topological polar surface area (TPSA) is 76.7 Å². The molecule has 6 nitrogen and oxygen atoms in total. The lowest BCUT2D eigenvalue weighted by Gasteiger charge is -2.12. The molecule has 0 heterocycles. The van der Waals surface area contributed by atoms with Crippen LogP contribution in [0.25, 0.3) is 0 Å². The van der Waals surface area contributed by atoms with Gasteiger partial charge in [-0.05, 0) is 48.7 Å². The molecule has 0 aliphatic rings. The smallest absolute Gasteiger partial charge is 0.233 e. The van der Waals surface area contributed by atoms with Crippen LogP contribution < -0.4 is 20.1 Å². The summed E-state index contributed by atoms with van der Waals surface area (Å²) in [6.07, 6.45) is -0.295. The summed E-state index contributed by atoms with van der Waals surface area (Å²) in [4.78, 5) is 24.2. The summed E-state index contributed by atoms with van der Waals surface area (Å²) in [7, 11) is 3.10. The molecule has 2 aromatic carbocycles. The van der Waals surface area contributed by atoms with Crippen molar-refractivity contribution in [2.45, 2.75) is 26.8 Å². The van der Waals surface area contributed by atoms with Crippen LogP contribution in [0.5, 0.6) is 11.5 Å². The van der Waals surface area contributed by atoms with Crippen molar-refractivity contribution in [1.29, 1.82) is 0 Å². The van der Waals surface area contributed by atoms with Crippen LogP contribution in [0.2, 0.25) is 5.02 Å². The fourth-order valence-corrected chi connectivity index (χ4v) is 3.03. The molecule has 144 valence electrons. The highest BCUT2D eigenvalue weighted by molar-refractivity contribution is 6.34. The molecule has 2 N–H and O–H groups in total. The van der Waals surface area contributed by atoms with Gasteiger partial charge in [0.15, 0.2) is 11.5 Å². The van der Waals surface area contributed by atoms with Crippen LogP contribution >= 0.6 is 11.6 Å². The highest BCUT2D eigenvalue weighted by Crippen LogP contribution is 2.28. The van der Waals surface area contributed by atoms with E-state index in [0.29, 0.717) is 22.2 Å². The molecule has 0 unspecified atom stereocenters. The number of amides is 2. The number of ether oxygens (including phenoxy) is 2. The summed E-state index contributed by atoms with van der Waals surface area (Å²) < 4.78 is 10.4. The van der Waals surface area contributed by atoms with Gasteiger partial charge >= 0.3 is 0 Å². The summed E-state index contributed by atoms with van der Waals surface area (Å²) in [6, 6.07) is 9.03. The average Bonchev–Trinajstić information content (AvgIpc) is 2.62. The maximum absolute atomic E-state index is 12.1. The van der Waals surface area contributed by atoms with E-state index in [0.717, 1.165) is 16.7 Å². The summed E-state index contributed by atoms with van der Waals surface area (Å²) in [5.74, 6) is 0.376. The Labute approximate surface area is 163 Å². The number of anilines is 1. The number of methoxy groups -OCH3 is 2. The van der Waals surface area contributed by atoms with Gasteiger partial charge in [-0.2, -0.15) is 0 Å². The summed E-state index contributed by atoms with van der Waals surface area (Å²) >= 11 is 6.17. The molecule has 0 saturated heterocycles. The monoisotopic (exact) mass is 390 g/mol. The Hall–Kier alpha value is -2.73. The number of carbonyl (C=O) groups is 2. The van der Waals surface area contributed by atoms with Crippen molar-refractivity contribution in [1.82, 2.24) is 5.32 Å². The van der Waals surface area contributed by atoms with Gasteiger partial charge in [0.2, 0.25) is 11.8 Å². The van der Waals surface area contributed by atoms with E-state index in [1.54, 1.807) is 32.4 Å². The highest BCUT2D eigenvalue weighted by atomic mass is 35.5. The molecule has 0 saturated carbocycles. The largest absolute Gasteiger partial charge is 0.493 e. The van der Waals surface area contributed by atoms with E-state index < -0.39 is 5.91 Å². The van der Waals surface area contributed by atoms with Gasteiger partial charge in [-0.1, -0.05) is 23.7 Å². The van der Waals surface area contributed by atoms with Crippen molar-refractivity contribution < 1.29 is 19.1 Å². The molecule has 27 heavy (non-hydrogen) atoms. The first-order valence-corrected chi connectivity index (χ1v) is 8.76. The second-order valence-corrected chi connectivity index (χ2v) is 6.54. The molecule has 0 bridgehead atoms. The Morgan fingerprint density at radius 3 is 2.33 bits per heavy atom. The normalized spacial score (nSPS) is 10.3. The van der Waals surface area contributed by atoms with Gasteiger partial charge in [-0.15, -0.1) is 0 Å². The zero-order chi connectivity index (χ0) is 20.0. The van der Waals surface area contributed by atoms with Crippen molar-refractivity contribution in [3.63, 3.8) is 0 Å². The lowest BCUT2D eigenvalue weighted by atomic mass is 10.1. The molecule has 0 fully saturated rings. The van der Waals surface area contributed by atoms with Gasteiger partial charge in [0.25, 0.3) is 0 Å². The molecule has 7 heteroatoms. The van der Waals surface area contributed by atoms with Crippen molar-refractivity contribution in [2.24, 2.45) is 0 Å². The Bertz CT molecular complexity index is 829. The van der Waals surface area contributed by atoms with Crippen molar-refractivity contribution >= 4 is 29.1 Å². The predicted octanol–water partition coefficient (Wildman–Crippen LogP) is 3.62. The van der Waals surface area contributed by atoms with E-state index in [1.807, 2.05) is 26.0 Å². The predicted molar refractivity (Wildman–Crippen MR) is 106 cm³/mol. The first kappa shape index (κ1) is 20.6. The SMILES string of the molecule is COc1ccc(CNC(=O)CC(=O)Nc2c(C)cc(C)cc2Cl)cc1OC. The fraction of sp³-hybridized carbons (Fsp3) is 0.300. The molecular weight excluding hydrogens is 368 g/mol. The third-order valence-corrected chi connectivity index (χ3v) is 4.25. The third-order valence-electron chi connectivity index (χ3n) is 3.95. The standard InChI is InChI=1S/C20H23ClN2O4/c1-12-7-13(2)20(15(21)8-12)23-19(25)10-18(24)22-11-14-5-6-16(26-3)17(9-14)27-4/h5-9H,10-11H2,1-4H3,(H,22,24)(H,23,25). The van der Waals surface area contributed by atoms with Gasteiger partial charge in [-0.25, -0.2) is 0 Å². The highest BCUT2D eigenvalue weighted by Gasteiger charge is 2.13. The van der Waals surface area contributed by atoms with Crippen LogP contribution in [0.4, 0.5) is 5.69 Å². The van der Waals surface area contributed by atoms with Gasteiger partial charge in [0, 0.05) is 6.54 Å². The van der Waals surface area contributed by atoms with E-state index >= 15 is 0 Å². The van der Waals surface area contributed by atoms with E-state index in [-0.39, 0.29) is 18.9 Å². The van der Waals surface area contributed by atoms with Crippen LogP contribution in [0.3, 0.4) is 0 Å². The minimum atomic E-state index is -0.423. The van der Waals surface area contributed by atoms with E-state index in [9.17, 15) is 9.59 Å². The zero-order valence-corrected chi connectivity index (χ0v) is 16.6. The lowest BCUT2D eigenvalue weighted by Crippen LogP contribution is -2.28. The molecule has 0 aromatic heterocycles. The summed E-state index contributed by atoms with van der Waals surface area (Å²) in [6.45, 7) is 4.05. The number of carbonyl (C=O) groups excluding carboxylic acids is 2. The quantitative estimate of drug-likeness (QED) is 0.708. The molecule has 2 aromatic rings. The Kier molecular flexibility index (Phi) is 7.07. The Balaban J connectivity index is 1.91. The first-order chi connectivity index (χ1) is 12.8. The maximum atomic E-state index is 12.1. The van der Waals surface area contributed by atoms with Crippen LogP contribution in [0.1, 0.15) is 23.1 Å². The summed E-state index contributed by atoms with van der Waals surface area (Å²) in [5, 5.41) is 5.86. The molecule has 0 aliphatic heterocycles. The van der Waals surface area contributed by atoms with Gasteiger partial charge < -0.3 is 20.1 Å². The minimum absolute atomic E-state index is 0.275. The van der Waals surface area contributed by atoms with E-state index in [1.165, 1.54) is 0 Å². The second-order valence-electron chi connectivity index (χ2n) is 6.13. The molecule has 0 atom stereocenters. The number of nitrogens with one attached hydrogen (secondary N) is 2. The van der Waals surface area contributed by atoms with E-state index in [4.69, 9.17) is 21.1 Å². The van der Waals surface area contributed by atoms with Gasteiger partial charge in [-0.3, -0.25) is 9.59 Å². The minimum Gasteiger partial charge on any atom is -0.493 e. The number of rotatable bonds is 7. The van der Waals surface area contributed by atoms with Crippen molar-refractivity contribution in [2.75, 3.05) is 19.5 Å². The van der Waals surface area contributed by atoms with Gasteiger partial charge in [0.05, 0.1) is 24.9 Å². The first-order valence-electron chi connectivity index (χ1n) is 8.38. The molecule has 0 spiro atoms. The molecule has 2 rings (SSSR count). The van der Waals surface area contributed by atoms with Crippen LogP contribution in [-0.4, -0.2) is 26.0 Å². The van der Waals surface area contributed by atoms with Crippen LogP contribution in [0, 0.1) is 13.8 Å². The zero-order valence-electron chi connectivity index (χ0n) is 15.8. The second kappa shape index (κ2) is 9.28. The fourth-order valence-electron chi connectivity index (χ4n) is 2.66. The maximum Gasteiger partial charge on any atom is 0.233 e. The summed E-state index contributed by atoms with van der Waals surface area (Å²) in [5.41, 5.74) is 3.21.